The van der Waals surface area contributed by atoms with Crippen molar-refractivity contribution in [2.75, 3.05) is 25.1 Å². The van der Waals surface area contributed by atoms with Crippen LogP contribution in [0.15, 0.2) is 16.7 Å². The van der Waals surface area contributed by atoms with Crippen molar-refractivity contribution in [1.82, 2.24) is 4.98 Å². The van der Waals surface area contributed by atoms with Gasteiger partial charge in [-0.2, -0.15) is 0 Å². The Morgan fingerprint density at radius 2 is 2.41 bits per heavy atom. The van der Waals surface area contributed by atoms with Gasteiger partial charge in [0.1, 0.15) is 5.82 Å². The number of hydrogen-bond acceptors (Lipinski definition) is 3. The summed E-state index contributed by atoms with van der Waals surface area (Å²) >= 11 is 9.36. The van der Waals surface area contributed by atoms with E-state index in [2.05, 4.69) is 25.8 Å². The summed E-state index contributed by atoms with van der Waals surface area (Å²) in [6.07, 6.45) is 5.56. The van der Waals surface area contributed by atoms with Crippen molar-refractivity contribution in [1.29, 1.82) is 0 Å². The molecular weight excluding hydrogens is 304 g/mol. The molecule has 94 valence electrons. The fourth-order valence-electron chi connectivity index (χ4n) is 2.03. The molecule has 0 amide bonds. The van der Waals surface area contributed by atoms with Gasteiger partial charge in [-0.25, -0.2) is 4.98 Å². The van der Waals surface area contributed by atoms with Gasteiger partial charge in [0.15, 0.2) is 0 Å². The Morgan fingerprint density at radius 3 is 3.06 bits per heavy atom. The van der Waals surface area contributed by atoms with Crippen molar-refractivity contribution in [2.24, 2.45) is 0 Å². The number of aromatic nitrogens is 1. The molecule has 0 aliphatic carbocycles. The Balaban J connectivity index is 2.00. The zero-order valence-electron chi connectivity index (χ0n) is 9.83. The van der Waals surface area contributed by atoms with Crippen molar-refractivity contribution < 1.29 is 4.74 Å². The first-order chi connectivity index (χ1) is 8.16. The fraction of sp³-hybridized carbons (Fsp3) is 0.583. The Kier molecular flexibility index (Phi) is 4.65. The predicted octanol–water partition coefficient (Wildman–Crippen LogP) is 3.50. The molecule has 1 aromatic heterocycles. The number of likely N-dealkylation sites (N-methyl/N-ethyl adjacent to an activating group) is 1. The third-order valence-corrected chi connectivity index (χ3v) is 3.69. The molecule has 0 aromatic carbocycles. The van der Waals surface area contributed by atoms with Gasteiger partial charge in [-0.15, -0.1) is 0 Å². The number of rotatable bonds is 3. The molecule has 2 heterocycles. The highest BCUT2D eigenvalue weighted by atomic mass is 79.9. The molecule has 0 saturated carbocycles. The number of hydrogen-bond donors (Lipinski definition) is 0. The quantitative estimate of drug-likeness (QED) is 0.852. The van der Waals surface area contributed by atoms with Crippen LogP contribution in [0.1, 0.15) is 19.3 Å². The number of pyridine rings is 1. The molecule has 1 aliphatic heterocycles. The van der Waals surface area contributed by atoms with Gasteiger partial charge in [0, 0.05) is 26.4 Å². The lowest BCUT2D eigenvalue weighted by Gasteiger charge is -2.28. The Bertz CT molecular complexity index is 383. The summed E-state index contributed by atoms with van der Waals surface area (Å²) in [4.78, 5) is 6.44. The molecule has 0 N–H and O–H groups in total. The molecular formula is C12H16BrClN2O. The second-order valence-electron chi connectivity index (χ2n) is 4.33. The lowest BCUT2D eigenvalue weighted by molar-refractivity contribution is 0.0215. The summed E-state index contributed by atoms with van der Waals surface area (Å²) in [6, 6.07) is 1.86. The van der Waals surface area contributed by atoms with Crippen LogP contribution in [0.2, 0.25) is 5.02 Å². The summed E-state index contributed by atoms with van der Waals surface area (Å²) in [6.45, 7) is 1.75. The van der Waals surface area contributed by atoms with Crippen molar-refractivity contribution in [2.45, 2.75) is 25.4 Å². The lowest BCUT2D eigenvalue weighted by atomic mass is 10.1. The SMILES string of the molecule is CN(CC1CCCCO1)c1ncc(Cl)cc1Br. The van der Waals surface area contributed by atoms with E-state index >= 15 is 0 Å². The number of ether oxygens (including phenoxy) is 1. The zero-order chi connectivity index (χ0) is 12.3. The average Bonchev–Trinajstić information content (AvgIpc) is 2.30. The maximum atomic E-state index is 5.88. The fourth-order valence-corrected chi connectivity index (χ4v) is 2.97. The van der Waals surface area contributed by atoms with E-state index in [9.17, 15) is 0 Å². The highest BCUT2D eigenvalue weighted by Crippen LogP contribution is 2.26. The number of nitrogens with zero attached hydrogens (tertiary/aromatic N) is 2. The first-order valence-corrected chi connectivity index (χ1v) is 6.97. The molecule has 1 unspecified atom stereocenters. The van der Waals surface area contributed by atoms with E-state index in [-0.39, 0.29) is 0 Å². The van der Waals surface area contributed by atoms with E-state index in [4.69, 9.17) is 16.3 Å². The van der Waals surface area contributed by atoms with Gasteiger partial charge >= 0.3 is 0 Å². The molecule has 1 aromatic rings. The van der Waals surface area contributed by atoms with Gasteiger partial charge < -0.3 is 9.64 Å². The Labute approximate surface area is 115 Å². The van der Waals surface area contributed by atoms with Crippen LogP contribution in [-0.2, 0) is 4.74 Å². The molecule has 3 nitrogen and oxygen atoms in total. The molecule has 17 heavy (non-hydrogen) atoms. The van der Waals surface area contributed by atoms with Gasteiger partial charge in [-0.1, -0.05) is 11.6 Å². The maximum Gasteiger partial charge on any atom is 0.142 e. The highest BCUT2D eigenvalue weighted by Gasteiger charge is 2.17. The normalized spacial score (nSPS) is 20.3. The lowest BCUT2D eigenvalue weighted by Crippen LogP contribution is -2.33. The predicted molar refractivity (Wildman–Crippen MR) is 73.8 cm³/mol. The standard InChI is InChI=1S/C12H16BrClN2O/c1-16(8-10-4-2-3-5-17-10)12-11(13)6-9(14)7-15-12/h6-7,10H,2-5,8H2,1H3. The minimum atomic E-state index is 0.318. The Hall–Kier alpha value is -0.320. The summed E-state index contributed by atoms with van der Waals surface area (Å²) in [5, 5.41) is 0.642. The molecule has 1 saturated heterocycles. The van der Waals surface area contributed by atoms with Gasteiger partial charge in [0.25, 0.3) is 0 Å². The highest BCUT2D eigenvalue weighted by molar-refractivity contribution is 9.10. The topological polar surface area (TPSA) is 25.4 Å². The molecule has 5 heteroatoms. The summed E-state index contributed by atoms with van der Waals surface area (Å²) in [7, 11) is 2.03. The van der Waals surface area contributed by atoms with Crippen LogP contribution in [0.4, 0.5) is 5.82 Å². The van der Waals surface area contributed by atoms with Gasteiger partial charge in [-0.3, -0.25) is 0 Å². The first-order valence-electron chi connectivity index (χ1n) is 5.80. The van der Waals surface area contributed by atoms with Gasteiger partial charge in [0.05, 0.1) is 15.6 Å². The minimum absolute atomic E-state index is 0.318. The van der Waals surface area contributed by atoms with E-state index in [1.54, 1.807) is 6.20 Å². The summed E-state index contributed by atoms with van der Waals surface area (Å²) in [5.74, 6) is 0.906. The van der Waals surface area contributed by atoms with Crippen molar-refractivity contribution >= 4 is 33.3 Å². The van der Waals surface area contributed by atoms with Crippen LogP contribution in [-0.4, -0.2) is 31.3 Å². The molecule has 0 spiro atoms. The van der Waals surface area contributed by atoms with Crippen molar-refractivity contribution in [3.63, 3.8) is 0 Å². The van der Waals surface area contributed by atoms with E-state index in [1.165, 1.54) is 12.8 Å². The maximum absolute atomic E-state index is 5.88. The molecule has 1 atom stereocenters. The molecule has 1 aliphatic rings. The van der Waals surface area contributed by atoms with E-state index in [0.29, 0.717) is 11.1 Å². The molecule has 1 fully saturated rings. The number of anilines is 1. The average molecular weight is 320 g/mol. The first kappa shape index (κ1) is 13.1. The van der Waals surface area contributed by atoms with Crippen molar-refractivity contribution in [3.8, 4) is 0 Å². The van der Waals surface area contributed by atoms with E-state index < -0.39 is 0 Å². The van der Waals surface area contributed by atoms with Crippen LogP contribution >= 0.6 is 27.5 Å². The van der Waals surface area contributed by atoms with Crippen LogP contribution in [0, 0.1) is 0 Å². The monoisotopic (exact) mass is 318 g/mol. The smallest absolute Gasteiger partial charge is 0.142 e. The van der Waals surface area contributed by atoms with Crippen LogP contribution in [0.3, 0.4) is 0 Å². The third-order valence-electron chi connectivity index (χ3n) is 2.90. The van der Waals surface area contributed by atoms with E-state index in [0.717, 1.165) is 29.9 Å². The largest absolute Gasteiger partial charge is 0.376 e. The number of halogens is 2. The second-order valence-corrected chi connectivity index (χ2v) is 5.62. The van der Waals surface area contributed by atoms with Crippen molar-refractivity contribution in [3.05, 3.63) is 21.8 Å². The molecule has 0 radical (unpaired) electrons. The van der Waals surface area contributed by atoms with Gasteiger partial charge in [-0.05, 0) is 41.3 Å². The minimum Gasteiger partial charge on any atom is -0.376 e. The second kappa shape index (κ2) is 6.03. The summed E-state index contributed by atoms with van der Waals surface area (Å²) in [5.41, 5.74) is 0. The zero-order valence-corrected chi connectivity index (χ0v) is 12.2. The van der Waals surface area contributed by atoms with Gasteiger partial charge in [0.2, 0.25) is 0 Å². The Morgan fingerprint density at radius 1 is 1.59 bits per heavy atom. The third kappa shape index (κ3) is 3.57. The molecule has 0 bridgehead atoms. The van der Waals surface area contributed by atoms with Crippen LogP contribution in [0.25, 0.3) is 0 Å². The van der Waals surface area contributed by atoms with Crippen LogP contribution in [0.5, 0.6) is 0 Å². The molecule has 2 rings (SSSR count). The summed E-state index contributed by atoms with van der Waals surface area (Å²) < 4.78 is 6.64. The van der Waals surface area contributed by atoms with E-state index in [1.807, 2.05) is 13.1 Å². The van der Waals surface area contributed by atoms with Crippen LogP contribution < -0.4 is 4.90 Å².